The fraction of sp³-hybridized carbons (Fsp3) is 0.323. The fourth-order valence-electron chi connectivity index (χ4n) is 4.69. The van der Waals surface area contributed by atoms with E-state index in [1.165, 1.54) is 0 Å². The third-order valence-electron chi connectivity index (χ3n) is 6.69. The Labute approximate surface area is 229 Å². The van der Waals surface area contributed by atoms with Crippen molar-refractivity contribution in [2.45, 2.75) is 52.4 Å². The zero-order valence-corrected chi connectivity index (χ0v) is 23.2. The SMILES string of the molecule is COc1ccc(CC(=O)NC(C)c2nc3ccccc3n2CC(=O)N(Cc2ccccc2)C(C)C)cc1OC. The van der Waals surface area contributed by atoms with Gasteiger partial charge in [0.05, 0.1) is 37.7 Å². The summed E-state index contributed by atoms with van der Waals surface area (Å²) in [6.45, 7) is 6.57. The number of fused-ring (bicyclic) bond motifs is 1. The lowest BCUT2D eigenvalue weighted by Gasteiger charge is -2.28. The van der Waals surface area contributed by atoms with Gasteiger partial charge < -0.3 is 24.3 Å². The fourth-order valence-corrected chi connectivity index (χ4v) is 4.69. The van der Waals surface area contributed by atoms with E-state index in [4.69, 9.17) is 14.5 Å². The summed E-state index contributed by atoms with van der Waals surface area (Å²) in [5.74, 6) is 1.64. The van der Waals surface area contributed by atoms with Crippen LogP contribution in [-0.2, 0) is 29.1 Å². The number of para-hydroxylation sites is 2. The van der Waals surface area contributed by atoms with Crippen LogP contribution in [0.25, 0.3) is 11.0 Å². The minimum absolute atomic E-state index is 0.0119. The maximum Gasteiger partial charge on any atom is 0.243 e. The molecule has 1 atom stereocenters. The van der Waals surface area contributed by atoms with Crippen molar-refractivity contribution in [2.75, 3.05) is 14.2 Å². The number of nitrogens with zero attached hydrogens (tertiary/aromatic N) is 3. The van der Waals surface area contributed by atoms with Crippen molar-refractivity contribution in [2.24, 2.45) is 0 Å². The highest BCUT2D eigenvalue weighted by molar-refractivity contribution is 5.82. The molecule has 1 aromatic heterocycles. The summed E-state index contributed by atoms with van der Waals surface area (Å²) in [6.07, 6.45) is 0.169. The van der Waals surface area contributed by atoms with Gasteiger partial charge in [-0.15, -0.1) is 0 Å². The van der Waals surface area contributed by atoms with E-state index in [1.807, 2.05) is 90.9 Å². The zero-order chi connectivity index (χ0) is 27.9. The molecule has 3 aromatic carbocycles. The summed E-state index contributed by atoms with van der Waals surface area (Å²) < 4.78 is 12.6. The molecule has 0 aliphatic carbocycles. The monoisotopic (exact) mass is 528 g/mol. The van der Waals surface area contributed by atoms with Crippen LogP contribution in [0.5, 0.6) is 11.5 Å². The molecule has 0 spiro atoms. The van der Waals surface area contributed by atoms with E-state index in [-0.39, 0.29) is 30.8 Å². The largest absolute Gasteiger partial charge is 0.493 e. The van der Waals surface area contributed by atoms with Crippen LogP contribution in [0.15, 0.2) is 72.8 Å². The van der Waals surface area contributed by atoms with Crippen LogP contribution in [0.1, 0.15) is 43.8 Å². The first-order chi connectivity index (χ1) is 18.8. The molecule has 2 amide bonds. The molecule has 0 fully saturated rings. The molecule has 4 rings (SSSR count). The first-order valence-corrected chi connectivity index (χ1v) is 13.1. The second-order valence-electron chi connectivity index (χ2n) is 9.80. The molecule has 1 unspecified atom stereocenters. The second-order valence-corrected chi connectivity index (χ2v) is 9.80. The summed E-state index contributed by atoms with van der Waals surface area (Å²) >= 11 is 0. The second kappa shape index (κ2) is 12.5. The van der Waals surface area contributed by atoms with Gasteiger partial charge in [-0.3, -0.25) is 9.59 Å². The minimum Gasteiger partial charge on any atom is -0.493 e. The van der Waals surface area contributed by atoms with Gasteiger partial charge >= 0.3 is 0 Å². The van der Waals surface area contributed by atoms with Gasteiger partial charge in [-0.2, -0.15) is 0 Å². The van der Waals surface area contributed by atoms with Gasteiger partial charge in [0.15, 0.2) is 11.5 Å². The topological polar surface area (TPSA) is 85.7 Å². The first kappa shape index (κ1) is 27.7. The van der Waals surface area contributed by atoms with Gasteiger partial charge in [0, 0.05) is 12.6 Å². The van der Waals surface area contributed by atoms with Crippen molar-refractivity contribution in [1.29, 1.82) is 0 Å². The van der Waals surface area contributed by atoms with E-state index in [1.54, 1.807) is 26.4 Å². The van der Waals surface area contributed by atoms with E-state index in [9.17, 15) is 9.59 Å². The van der Waals surface area contributed by atoms with E-state index >= 15 is 0 Å². The van der Waals surface area contributed by atoms with Crippen LogP contribution >= 0.6 is 0 Å². The number of carbonyl (C=O) groups excluding carboxylic acids is 2. The Morgan fingerprint density at radius 1 is 0.897 bits per heavy atom. The third kappa shape index (κ3) is 6.57. The molecule has 0 saturated heterocycles. The molecule has 0 saturated carbocycles. The van der Waals surface area contributed by atoms with Gasteiger partial charge in [0.2, 0.25) is 11.8 Å². The molecule has 0 aliphatic rings. The maximum atomic E-state index is 13.6. The average molecular weight is 529 g/mol. The Balaban J connectivity index is 1.55. The molecule has 0 bridgehead atoms. The average Bonchev–Trinajstić information content (AvgIpc) is 3.30. The molecule has 0 aliphatic heterocycles. The van der Waals surface area contributed by atoms with Gasteiger partial charge in [0.25, 0.3) is 0 Å². The predicted molar refractivity (Wildman–Crippen MR) is 152 cm³/mol. The molecule has 0 radical (unpaired) electrons. The number of rotatable bonds is 11. The van der Waals surface area contributed by atoms with Crippen molar-refractivity contribution in [3.8, 4) is 11.5 Å². The Bertz CT molecular complexity index is 1430. The Morgan fingerprint density at radius 2 is 1.59 bits per heavy atom. The minimum atomic E-state index is -0.417. The lowest BCUT2D eigenvalue weighted by Crippen LogP contribution is -2.39. The van der Waals surface area contributed by atoms with Crippen molar-refractivity contribution in [3.63, 3.8) is 0 Å². The van der Waals surface area contributed by atoms with Crippen LogP contribution in [0.2, 0.25) is 0 Å². The van der Waals surface area contributed by atoms with Crippen LogP contribution in [0, 0.1) is 0 Å². The van der Waals surface area contributed by atoms with E-state index in [2.05, 4.69) is 5.32 Å². The van der Waals surface area contributed by atoms with E-state index < -0.39 is 6.04 Å². The highest BCUT2D eigenvalue weighted by Crippen LogP contribution is 2.28. The van der Waals surface area contributed by atoms with Gasteiger partial charge in [0.1, 0.15) is 12.4 Å². The maximum absolute atomic E-state index is 13.6. The van der Waals surface area contributed by atoms with Crippen LogP contribution < -0.4 is 14.8 Å². The lowest BCUT2D eigenvalue weighted by molar-refractivity contribution is -0.134. The number of benzene rings is 3. The predicted octanol–water partition coefficient (Wildman–Crippen LogP) is 4.91. The number of methoxy groups -OCH3 is 2. The summed E-state index contributed by atoms with van der Waals surface area (Å²) in [7, 11) is 3.14. The number of aromatic nitrogens is 2. The van der Waals surface area contributed by atoms with Gasteiger partial charge in [-0.05, 0) is 56.2 Å². The molecule has 4 aromatic rings. The molecule has 8 heteroatoms. The highest BCUT2D eigenvalue weighted by Gasteiger charge is 2.24. The summed E-state index contributed by atoms with van der Waals surface area (Å²) in [5, 5.41) is 3.06. The van der Waals surface area contributed by atoms with Crippen molar-refractivity contribution in [1.82, 2.24) is 19.8 Å². The van der Waals surface area contributed by atoms with Gasteiger partial charge in [-0.1, -0.05) is 48.5 Å². The molecule has 39 heavy (non-hydrogen) atoms. The molecule has 204 valence electrons. The number of imidazole rings is 1. The number of ether oxygens (including phenoxy) is 2. The first-order valence-electron chi connectivity index (χ1n) is 13.1. The summed E-state index contributed by atoms with van der Waals surface area (Å²) in [6, 6.07) is 22.7. The standard InChI is InChI=1S/C31H36N4O4/c1-21(2)34(19-23-11-7-6-8-12-23)30(37)20-35-26-14-10-9-13-25(26)33-31(35)22(3)32-29(36)18-24-15-16-27(38-4)28(17-24)39-5/h6-17,21-22H,18-20H2,1-5H3,(H,32,36). The molecule has 1 heterocycles. The van der Waals surface area contributed by atoms with Crippen LogP contribution in [-0.4, -0.2) is 46.5 Å². The van der Waals surface area contributed by atoms with Crippen molar-refractivity contribution in [3.05, 3.63) is 89.7 Å². The Kier molecular flexibility index (Phi) is 8.86. The normalized spacial score (nSPS) is 11.8. The Morgan fingerprint density at radius 3 is 2.28 bits per heavy atom. The highest BCUT2D eigenvalue weighted by atomic mass is 16.5. The number of hydrogen-bond donors (Lipinski definition) is 1. The number of nitrogens with one attached hydrogen (secondary N) is 1. The number of hydrogen-bond acceptors (Lipinski definition) is 5. The summed E-state index contributed by atoms with van der Waals surface area (Å²) in [4.78, 5) is 33.3. The molecular weight excluding hydrogens is 492 g/mol. The summed E-state index contributed by atoms with van der Waals surface area (Å²) in [5.41, 5.74) is 3.51. The molecule has 1 N–H and O–H groups in total. The number of amides is 2. The smallest absolute Gasteiger partial charge is 0.243 e. The molecule has 8 nitrogen and oxygen atoms in total. The van der Waals surface area contributed by atoms with E-state index in [0.717, 1.165) is 22.2 Å². The van der Waals surface area contributed by atoms with Crippen LogP contribution in [0.3, 0.4) is 0 Å². The van der Waals surface area contributed by atoms with Crippen LogP contribution in [0.4, 0.5) is 0 Å². The number of carbonyl (C=O) groups is 2. The lowest BCUT2D eigenvalue weighted by atomic mass is 10.1. The third-order valence-corrected chi connectivity index (χ3v) is 6.69. The van der Waals surface area contributed by atoms with Gasteiger partial charge in [-0.25, -0.2) is 4.98 Å². The Hall–Kier alpha value is -4.33. The zero-order valence-electron chi connectivity index (χ0n) is 23.2. The molecular formula is C31H36N4O4. The van der Waals surface area contributed by atoms with E-state index in [0.29, 0.717) is 23.9 Å². The van der Waals surface area contributed by atoms with Crippen molar-refractivity contribution < 1.29 is 19.1 Å². The van der Waals surface area contributed by atoms with Crippen molar-refractivity contribution >= 4 is 22.8 Å². The quantitative estimate of drug-likeness (QED) is 0.299.